The first-order valence-electron chi connectivity index (χ1n) is 16.6. The molecule has 3 aliphatic heterocycles. The van der Waals surface area contributed by atoms with Gasteiger partial charge in [0, 0.05) is 25.0 Å². The molecule has 1 aromatic carbocycles. The molecule has 3 aliphatic rings. The minimum Gasteiger partial charge on any atom is -0.455 e. The van der Waals surface area contributed by atoms with E-state index in [1.807, 2.05) is 36.4 Å². The molecule has 4 amide bonds. The number of likely N-dealkylation sites (tertiary alicyclic amines) is 1. The summed E-state index contributed by atoms with van der Waals surface area (Å²) >= 11 is 0. The summed E-state index contributed by atoms with van der Waals surface area (Å²) in [7, 11) is 0. The molecular formula is C35H46N6O6. The molecule has 0 radical (unpaired) electrons. The van der Waals surface area contributed by atoms with Crippen molar-refractivity contribution < 1.29 is 28.7 Å². The summed E-state index contributed by atoms with van der Waals surface area (Å²) in [4.78, 5) is 74.4. The van der Waals surface area contributed by atoms with Crippen LogP contribution in [0.25, 0.3) is 17.0 Å². The summed E-state index contributed by atoms with van der Waals surface area (Å²) < 4.78 is 5.82. The second-order valence-electron chi connectivity index (χ2n) is 13.7. The van der Waals surface area contributed by atoms with E-state index < -0.39 is 47.4 Å². The Labute approximate surface area is 275 Å². The van der Waals surface area contributed by atoms with Crippen molar-refractivity contribution >= 4 is 46.6 Å². The Morgan fingerprint density at radius 2 is 1.74 bits per heavy atom. The van der Waals surface area contributed by atoms with Crippen molar-refractivity contribution in [1.29, 1.82) is 0 Å². The third kappa shape index (κ3) is 7.98. The Morgan fingerprint density at radius 1 is 1.02 bits per heavy atom. The van der Waals surface area contributed by atoms with Gasteiger partial charge in [-0.3, -0.25) is 29.0 Å². The number of nitrogens with one attached hydrogen (secondary N) is 3. The number of carbonyl (C=O) groups excluding carboxylic acids is 5. The number of fused-ring (bicyclic) bond motifs is 4. The molecule has 12 heteroatoms. The van der Waals surface area contributed by atoms with Gasteiger partial charge in [-0.1, -0.05) is 44.2 Å². The van der Waals surface area contributed by atoms with E-state index in [1.165, 1.54) is 5.01 Å². The molecule has 3 N–H and O–H groups in total. The molecule has 47 heavy (non-hydrogen) atoms. The van der Waals surface area contributed by atoms with Gasteiger partial charge in [0.1, 0.15) is 24.2 Å². The van der Waals surface area contributed by atoms with Crippen LogP contribution in [0.15, 0.2) is 36.4 Å². The molecule has 0 aliphatic carbocycles. The van der Waals surface area contributed by atoms with Crippen LogP contribution in [0.2, 0.25) is 0 Å². The second kappa shape index (κ2) is 14.2. The minimum atomic E-state index is -1.21. The number of hydrogen-bond donors (Lipinski definition) is 3. The number of hydrazine groups is 1. The van der Waals surface area contributed by atoms with Crippen molar-refractivity contribution in [2.75, 3.05) is 19.6 Å². The number of cyclic esters (lactones) is 1. The molecule has 2 aromatic rings. The van der Waals surface area contributed by atoms with Crippen molar-refractivity contribution in [1.82, 2.24) is 31.0 Å². The normalized spacial score (nSPS) is 25.9. The second-order valence-corrected chi connectivity index (χ2v) is 13.7. The first kappa shape index (κ1) is 34.0. The van der Waals surface area contributed by atoms with Crippen LogP contribution in [0.4, 0.5) is 0 Å². The highest BCUT2D eigenvalue weighted by molar-refractivity contribution is 5.96. The number of hydrogen-bond acceptors (Lipinski definition) is 8. The van der Waals surface area contributed by atoms with Crippen LogP contribution in [0.3, 0.4) is 0 Å². The fraction of sp³-hybridized carbons (Fsp3) is 0.543. The van der Waals surface area contributed by atoms with E-state index in [2.05, 4.69) is 16.1 Å². The summed E-state index contributed by atoms with van der Waals surface area (Å²) in [6, 6.07) is 6.52. The van der Waals surface area contributed by atoms with Gasteiger partial charge < -0.3 is 20.3 Å². The molecular weight excluding hydrogens is 600 g/mol. The zero-order valence-electron chi connectivity index (χ0n) is 27.9. The maximum Gasteiger partial charge on any atom is 0.325 e. The average molecular weight is 647 g/mol. The van der Waals surface area contributed by atoms with Crippen molar-refractivity contribution in [3.63, 3.8) is 0 Å². The first-order valence-corrected chi connectivity index (χ1v) is 16.6. The van der Waals surface area contributed by atoms with Gasteiger partial charge in [-0.25, -0.2) is 10.4 Å². The van der Waals surface area contributed by atoms with Crippen LogP contribution in [-0.4, -0.2) is 82.3 Å². The summed E-state index contributed by atoms with van der Waals surface area (Å²) in [6.45, 7) is 10.4. The lowest BCUT2D eigenvalue weighted by atomic mass is 9.89. The third-order valence-electron chi connectivity index (χ3n) is 9.15. The van der Waals surface area contributed by atoms with Crippen LogP contribution in [0.1, 0.15) is 84.1 Å². The first-order chi connectivity index (χ1) is 22.3. The lowest BCUT2D eigenvalue weighted by molar-refractivity contribution is -0.157. The van der Waals surface area contributed by atoms with Gasteiger partial charge in [-0.2, -0.15) is 0 Å². The van der Waals surface area contributed by atoms with Crippen LogP contribution >= 0.6 is 0 Å². The van der Waals surface area contributed by atoms with Gasteiger partial charge in [-0.15, -0.1) is 0 Å². The monoisotopic (exact) mass is 646 g/mol. The number of carbonyl (C=O) groups is 5. The molecule has 1 aromatic heterocycles. The Hall–Kier alpha value is -4.32. The van der Waals surface area contributed by atoms with Gasteiger partial charge in [0.25, 0.3) is 5.91 Å². The molecule has 4 atom stereocenters. The van der Waals surface area contributed by atoms with E-state index in [-0.39, 0.29) is 30.7 Å². The number of nitrogens with zero attached hydrogens (tertiary/aromatic N) is 3. The molecule has 5 bridgehead atoms. The minimum absolute atomic E-state index is 0.238. The van der Waals surface area contributed by atoms with Crippen LogP contribution in [0, 0.1) is 11.3 Å². The van der Waals surface area contributed by atoms with Crippen LogP contribution in [-0.2, 0) is 28.7 Å². The van der Waals surface area contributed by atoms with E-state index in [4.69, 9.17) is 9.72 Å². The largest absolute Gasteiger partial charge is 0.455 e. The van der Waals surface area contributed by atoms with Gasteiger partial charge >= 0.3 is 5.97 Å². The van der Waals surface area contributed by atoms with E-state index in [9.17, 15) is 24.0 Å². The number of aromatic nitrogens is 1. The summed E-state index contributed by atoms with van der Waals surface area (Å²) in [5, 5.41) is 7.88. The van der Waals surface area contributed by atoms with Gasteiger partial charge in [0.2, 0.25) is 17.7 Å². The number of ether oxygens (including phenoxy) is 1. The maximum atomic E-state index is 14.0. The number of benzene rings is 1. The van der Waals surface area contributed by atoms with Gasteiger partial charge in [-0.05, 0) is 70.1 Å². The lowest BCUT2D eigenvalue weighted by Gasteiger charge is -2.36. The number of rotatable bonds is 3. The van der Waals surface area contributed by atoms with Gasteiger partial charge in [0.15, 0.2) is 0 Å². The molecule has 2 saturated heterocycles. The van der Waals surface area contributed by atoms with Crippen LogP contribution in [0.5, 0.6) is 0 Å². The molecule has 12 nitrogen and oxygen atoms in total. The van der Waals surface area contributed by atoms with Gasteiger partial charge in [0.05, 0.1) is 23.0 Å². The average Bonchev–Trinajstić information content (AvgIpc) is 3.60. The standard InChI is InChI=1S/C35H46N6O6/c1-21(2)30-31(43)37-28(20-29(42)40-16-6-7-17-40)32(44)41-18-8-9-26(39-41)33(45)47-22(3)25-13-12-24-11-10-23(19-27(24)36-25)14-15-35(4,5)34(46)38-30/h10-15,19,21-22,26,28,30,39H,6-9,16-18,20H2,1-5H3,(H,37,43)(H,38,46). The molecule has 4 heterocycles. The number of esters is 1. The Balaban J connectivity index is 1.50. The Kier molecular flexibility index (Phi) is 10.3. The predicted molar refractivity (Wildman–Crippen MR) is 176 cm³/mol. The molecule has 252 valence electrons. The smallest absolute Gasteiger partial charge is 0.325 e. The number of amides is 4. The van der Waals surface area contributed by atoms with Crippen LogP contribution < -0.4 is 16.1 Å². The fourth-order valence-corrected chi connectivity index (χ4v) is 6.07. The van der Waals surface area contributed by atoms with E-state index in [0.717, 1.165) is 23.8 Å². The van der Waals surface area contributed by atoms with Crippen molar-refractivity contribution in [3.8, 4) is 0 Å². The molecule has 2 fully saturated rings. The molecule has 0 spiro atoms. The predicted octanol–water partition coefficient (Wildman–Crippen LogP) is 3.03. The Morgan fingerprint density at radius 3 is 2.47 bits per heavy atom. The summed E-state index contributed by atoms with van der Waals surface area (Å²) in [6.07, 6.45) is 5.43. The third-order valence-corrected chi connectivity index (χ3v) is 9.15. The molecule has 0 saturated carbocycles. The highest BCUT2D eigenvalue weighted by Gasteiger charge is 2.38. The maximum absolute atomic E-state index is 14.0. The number of pyridine rings is 1. The highest BCUT2D eigenvalue weighted by atomic mass is 16.5. The van der Waals surface area contributed by atoms with E-state index in [1.54, 1.807) is 45.6 Å². The zero-order chi connectivity index (χ0) is 33.9. The van der Waals surface area contributed by atoms with E-state index in [0.29, 0.717) is 37.1 Å². The summed E-state index contributed by atoms with van der Waals surface area (Å²) in [5.41, 5.74) is 4.10. The van der Waals surface area contributed by atoms with Crippen molar-refractivity contribution in [3.05, 3.63) is 47.7 Å². The highest BCUT2D eigenvalue weighted by Crippen LogP contribution is 2.25. The molecule has 5 rings (SSSR count). The zero-order valence-corrected chi connectivity index (χ0v) is 27.9. The SMILES string of the molecule is CC1OC(=O)C2CCCN(N2)C(=O)C(CC(=O)N2CCCC2)NC(=O)C(C(C)C)NC(=O)C(C)(C)C=Cc2ccc3ccc1nc3c2. The van der Waals surface area contributed by atoms with Crippen molar-refractivity contribution in [2.45, 2.75) is 91.0 Å². The molecule has 4 unspecified atom stereocenters. The lowest BCUT2D eigenvalue weighted by Crippen LogP contribution is -2.62. The fourth-order valence-electron chi connectivity index (χ4n) is 6.07. The summed E-state index contributed by atoms with van der Waals surface area (Å²) in [5.74, 6) is -2.55. The van der Waals surface area contributed by atoms with Crippen molar-refractivity contribution in [2.24, 2.45) is 11.3 Å². The Bertz CT molecular complexity index is 1560. The quantitative estimate of drug-likeness (QED) is 0.431. The topological polar surface area (TPSA) is 150 Å². The van der Waals surface area contributed by atoms with E-state index >= 15 is 0 Å².